The van der Waals surface area contributed by atoms with E-state index in [0.29, 0.717) is 16.7 Å². The Morgan fingerprint density at radius 3 is 2.54 bits per heavy atom. The highest BCUT2D eigenvalue weighted by atomic mass is 32.1. The maximum atomic E-state index is 11.5. The molecular weight excluding hydrogens is 372 g/mol. The van der Waals surface area contributed by atoms with Gasteiger partial charge in [-0.3, -0.25) is 4.79 Å². The summed E-state index contributed by atoms with van der Waals surface area (Å²) in [5, 5.41) is 18.0. The molecule has 0 radical (unpaired) electrons. The summed E-state index contributed by atoms with van der Waals surface area (Å²) >= 11 is 2.83. The standard InChI is InChI=1S/C17H16N4O3S2/c1-3-13(22)21-17-18-9(2)14(26-17)12-8-25-16(20-12)19-11-6-4-10(5-7-11)15(23)24/h4-8H,3H2,1-2H3,(H,19,20)(H,23,24)(H,18,21,22). The number of nitrogens with zero attached hydrogens (tertiary/aromatic N) is 2. The van der Waals surface area contributed by atoms with Gasteiger partial charge in [-0.25, -0.2) is 14.8 Å². The van der Waals surface area contributed by atoms with E-state index >= 15 is 0 Å². The Kier molecular flexibility index (Phi) is 5.29. The van der Waals surface area contributed by atoms with E-state index in [0.717, 1.165) is 22.0 Å². The van der Waals surface area contributed by atoms with Crippen LogP contribution in [0.5, 0.6) is 0 Å². The Hall–Kier alpha value is -2.78. The van der Waals surface area contributed by atoms with Crippen LogP contribution in [0, 0.1) is 6.92 Å². The van der Waals surface area contributed by atoms with Crippen molar-refractivity contribution >= 4 is 50.5 Å². The second-order valence-corrected chi connectivity index (χ2v) is 7.24. The molecule has 7 nitrogen and oxygen atoms in total. The number of carbonyl (C=O) groups is 2. The molecule has 0 bridgehead atoms. The van der Waals surface area contributed by atoms with E-state index in [2.05, 4.69) is 20.6 Å². The topological polar surface area (TPSA) is 104 Å². The number of anilines is 3. The highest BCUT2D eigenvalue weighted by Gasteiger charge is 2.14. The monoisotopic (exact) mass is 388 g/mol. The van der Waals surface area contributed by atoms with Crippen LogP contribution in [0.4, 0.5) is 16.0 Å². The minimum absolute atomic E-state index is 0.0734. The van der Waals surface area contributed by atoms with Crippen molar-refractivity contribution in [2.75, 3.05) is 10.6 Å². The molecule has 3 N–H and O–H groups in total. The lowest BCUT2D eigenvalue weighted by atomic mass is 10.2. The molecule has 1 amide bonds. The van der Waals surface area contributed by atoms with Gasteiger partial charge in [-0.15, -0.1) is 11.3 Å². The third-order valence-electron chi connectivity index (χ3n) is 3.48. The first-order valence-corrected chi connectivity index (χ1v) is 9.49. The molecule has 3 aromatic rings. The largest absolute Gasteiger partial charge is 0.478 e. The fraction of sp³-hybridized carbons (Fsp3) is 0.176. The molecule has 2 aromatic heterocycles. The molecular formula is C17H16N4O3S2. The van der Waals surface area contributed by atoms with Crippen molar-refractivity contribution in [3.05, 3.63) is 40.9 Å². The molecule has 0 unspecified atom stereocenters. The summed E-state index contributed by atoms with van der Waals surface area (Å²) in [5.74, 6) is -1.03. The average molecular weight is 388 g/mol. The number of carboxylic acids is 1. The number of hydrogen-bond donors (Lipinski definition) is 3. The number of aromatic carboxylic acids is 1. The lowest BCUT2D eigenvalue weighted by Gasteiger charge is -2.02. The predicted molar refractivity (Wildman–Crippen MR) is 104 cm³/mol. The van der Waals surface area contributed by atoms with E-state index in [1.165, 1.54) is 34.8 Å². The SMILES string of the molecule is CCC(=O)Nc1nc(C)c(-c2csc(Nc3ccc(C(=O)O)cc3)n2)s1. The van der Waals surface area contributed by atoms with Crippen molar-refractivity contribution in [2.45, 2.75) is 20.3 Å². The van der Waals surface area contributed by atoms with Crippen LogP contribution in [0.1, 0.15) is 29.4 Å². The van der Waals surface area contributed by atoms with Crippen LogP contribution in [0.3, 0.4) is 0 Å². The Morgan fingerprint density at radius 2 is 1.88 bits per heavy atom. The van der Waals surface area contributed by atoms with E-state index in [9.17, 15) is 9.59 Å². The number of nitrogens with one attached hydrogen (secondary N) is 2. The van der Waals surface area contributed by atoms with Crippen LogP contribution in [0.2, 0.25) is 0 Å². The molecule has 134 valence electrons. The molecule has 0 atom stereocenters. The van der Waals surface area contributed by atoms with Gasteiger partial charge >= 0.3 is 5.97 Å². The van der Waals surface area contributed by atoms with Crippen LogP contribution in [-0.4, -0.2) is 27.0 Å². The van der Waals surface area contributed by atoms with E-state index in [-0.39, 0.29) is 11.5 Å². The molecule has 1 aromatic carbocycles. The van der Waals surface area contributed by atoms with Gasteiger partial charge in [0.1, 0.15) is 0 Å². The summed E-state index contributed by atoms with van der Waals surface area (Å²) in [6, 6.07) is 6.46. The summed E-state index contributed by atoms with van der Waals surface area (Å²) in [6.07, 6.45) is 0.402. The zero-order chi connectivity index (χ0) is 18.7. The first-order valence-electron chi connectivity index (χ1n) is 7.80. The number of thiazole rings is 2. The van der Waals surface area contributed by atoms with Crippen LogP contribution in [0.15, 0.2) is 29.6 Å². The van der Waals surface area contributed by atoms with Gasteiger partial charge in [0.2, 0.25) is 5.91 Å². The summed E-state index contributed by atoms with van der Waals surface area (Å²) < 4.78 is 0. The third kappa shape index (κ3) is 4.06. The van der Waals surface area contributed by atoms with Crippen LogP contribution in [0.25, 0.3) is 10.6 Å². The number of aryl methyl sites for hydroxylation is 1. The maximum Gasteiger partial charge on any atom is 0.335 e. The second-order valence-electron chi connectivity index (χ2n) is 5.38. The van der Waals surface area contributed by atoms with E-state index < -0.39 is 5.97 Å². The number of amides is 1. The summed E-state index contributed by atoms with van der Waals surface area (Å²) in [7, 11) is 0. The summed E-state index contributed by atoms with van der Waals surface area (Å²) in [5.41, 5.74) is 2.58. The van der Waals surface area contributed by atoms with Crippen LogP contribution >= 0.6 is 22.7 Å². The van der Waals surface area contributed by atoms with Gasteiger partial charge in [0.15, 0.2) is 10.3 Å². The van der Waals surface area contributed by atoms with Crippen LogP contribution in [-0.2, 0) is 4.79 Å². The highest BCUT2D eigenvalue weighted by molar-refractivity contribution is 7.20. The van der Waals surface area contributed by atoms with Crippen molar-refractivity contribution in [1.82, 2.24) is 9.97 Å². The van der Waals surface area contributed by atoms with Gasteiger partial charge in [-0.2, -0.15) is 0 Å². The first-order chi connectivity index (χ1) is 12.5. The van der Waals surface area contributed by atoms with Crippen molar-refractivity contribution in [3.8, 4) is 10.6 Å². The van der Waals surface area contributed by atoms with Crippen molar-refractivity contribution < 1.29 is 14.7 Å². The molecule has 0 aliphatic heterocycles. The minimum atomic E-state index is -0.959. The zero-order valence-corrected chi connectivity index (χ0v) is 15.7. The van der Waals surface area contributed by atoms with Gasteiger partial charge in [-0.1, -0.05) is 18.3 Å². The molecule has 2 heterocycles. The van der Waals surface area contributed by atoms with Crippen molar-refractivity contribution in [2.24, 2.45) is 0 Å². The molecule has 0 aliphatic rings. The quantitative estimate of drug-likeness (QED) is 0.579. The maximum absolute atomic E-state index is 11.5. The minimum Gasteiger partial charge on any atom is -0.478 e. The number of aromatic nitrogens is 2. The van der Waals surface area contributed by atoms with E-state index in [1.807, 2.05) is 12.3 Å². The number of rotatable bonds is 6. The molecule has 3 rings (SSSR count). The van der Waals surface area contributed by atoms with Gasteiger partial charge in [0.25, 0.3) is 0 Å². The van der Waals surface area contributed by atoms with E-state index in [4.69, 9.17) is 5.11 Å². The van der Waals surface area contributed by atoms with Gasteiger partial charge in [0, 0.05) is 17.5 Å². The highest BCUT2D eigenvalue weighted by Crippen LogP contribution is 2.35. The Labute approximate surface area is 157 Å². The van der Waals surface area contributed by atoms with Crippen molar-refractivity contribution in [1.29, 1.82) is 0 Å². The lowest BCUT2D eigenvalue weighted by molar-refractivity contribution is -0.115. The Bertz CT molecular complexity index is 947. The molecule has 9 heteroatoms. The Balaban J connectivity index is 1.75. The second kappa shape index (κ2) is 7.63. The van der Waals surface area contributed by atoms with Gasteiger partial charge in [-0.05, 0) is 31.2 Å². The predicted octanol–water partition coefficient (Wildman–Crippen LogP) is 4.37. The van der Waals surface area contributed by atoms with Crippen molar-refractivity contribution in [3.63, 3.8) is 0 Å². The summed E-state index contributed by atoms with van der Waals surface area (Å²) in [6.45, 7) is 3.67. The number of benzene rings is 1. The van der Waals surface area contributed by atoms with Gasteiger partial charge < -0.3 is 15.7 Å². The Morgan fingerprint density at radius 1 is 1.15 bits per heavy atom. The smallest absolute Gasteiger partial charge is 0.335 e. The van der Waals surface area contributed by atoms with Gasteiger partial charge in [0.05, 0.1) is 21.8 Å². The number of hydrogen-bond acceptors (Lipinski definition) is 7. The fourth-order valence-corrected chi connectivity index (χ4v) is 3.89. The first kappa shape index (κ1) is 18.0. The average Bonchev–Trinajstić information content (AvgIpc) is 3.21. The fourth-order valence-electron chi connectivity index (χ4n) is 2.15. The third-order valence-corrected chi connectivity index (χ3v) is 5.34. The molecule has 0 saturated heterocycles. The molecule has 0 spiro atoms. The molecule has 0 fully saturated rings. The lowest BCUT2D eigenvalue weighted by Crippen LogP contribution is -2.08. The zero-order valence-electron chi connectivity index (χ0n) is 14.1. The number of carbonyl (C=O) groups excluding carboxylic acids is 1. The molecule has 0 aliphatic carbocycles. The van der Waals surface area contributed by atoms with Crippen LogP contribution < -0.4 is 10.6 Å². The molecule has 26 heavy (non-hydrogen) atoms. The summed E-state index contributed by atoms with van der Waals surface area (Å²) in [4.78, 5) is 32.2. The number of carboxylic acid groups (broad SMARTS) is 1. The molecule has 0 saturated carbocycles. The van der Waals surface area contributed by atoms with E-state index in [1.54, 1.807) is 19.1 Å². The normalized spacial score (nSPS) is 10.5.